The lowest BCUT2D eigenvalue weighted by Crippen LogP contribution is -2.34. The summed E-state index contributed by atoms with van der Waals surface area (Å²) >= 11 is 0. The van der Waals surface area contributed by atoms with Crippen molar-refractivity contribution >= 4 is 10.0 Å². The molecule has 0 spiro atoms. The van der Waals surface area contributed by atoms with Crippen LogP contribution in [0.5, 0.6) is 5.75 Å². The van der Waals surface area contributed by atoms with Crippen LogP contribution in [0.2, 0.25) is 0 Å². The van der Waals surface area contributed by atoms with Crippen molar-refractivity contribution in [1.29, 1.82) is 0 Å². The summed E-state index contributed by atoms with van der Waals surface area (Å²) in [5, 5.41) is 0. The third-order valence-electron chi connectivity index (χ3n) is 3.77. The van der Waals surface area contributed by atoms with Gasteiger partial charge in [-0.25, -0.2) is 17.5 Å². The molecule has 0 saturated carbocycles. The minimum Gasteiger partial charge on any atom is -0.494 e. The maximum Gasteiger partial charge on any atom is 0.240 e. The van der Waals surface area contributed by atoms with Gasteiger partial charge in [0.15, 0.2) is 0 Å². The fourth-order valence-electron chi connectivity index (χ4n) is 2.47. The van der Waals surface area contributed by atoms with Gasteiger partial charge >= 0.3 is 0 Å². The average Bonchev–Trinajstić information content (AvgIpc) is 2.55. The molecule has 0 fully saturated rings. The van der Waals surface area contributed by atoms with Crippen molar-refractivity contribution in [3.8, 4) is 5.75 Å². The molecule has 2 rings (SSSR count). The van der Waals surface area contributed by atoms with E-state index in [9.17, 15) is 12.8 Å². The standard InChI is InChI=1S/C18H23FN2O3S/c1-4-24-16-8-10-17(11-9-16)25(22,23)20-13-18(21(2)3)14-6-5-7-15(19)12-14/h5-12,18,20H,4,13H2,1-3H3. The predicted molar refractivity (Wildman–Crippen MR) is 95.6 cm³/mol. The lowest BCUT2D eigenvalue weighted by atomic mass is 10.1. The van der Waals surface area contributed by atoms with Gasteiger partial charge in [0.05, 0.1) is 11.5 Å². The summed E-state index contributed by atoms with van der Waals surface area (Å²) in [5.74, 6) is 0.270. The first-order valence-electron chi connectivity index (χ1n) is 7.98. The fraction of sp³-hybridized carbons (Fsp3) is 0.333. The van der Waals surface area contributed by atoms with E-state index in [0.29, 0.717) is 17.9 Å². The monoisotopic (exact) mass is 366 g/mol. The number of nitrogens with zero attached hydrogens (tertiary/aromatic N) is 1. The van der Waals surface area contributed by atoms with Crippen LogP contribution in [0.25, 0.3) is 0 Å². The highest BCUT2D eigenvalue weighted by atomic mass is 32.2. The third-order valence-corrected chi connectivity index (χ3v) is 5.21. The molecule has 0 bridgehead atoms. The molecule has 1 unspecified atom stereocenters. The molecule has 0 aromatic heterocycles. The number of ether oxygens (including phenoxy) is 1. The van der Waals surface area contributed by atoms with E-state index >= 15 is 0 Å². The van der Waals surface area contributed by atoms with Crippen LogP contribution in [0.4, 0.5) is 4.39 Å². The lowest BCUT2D eigenvalue weighted by molar-refractivity contribution is 0.299. The van der Waals surface area contributed by atoms with E-state index < -0.39 is 10.0 Å². The zero-order valence-corrected chi connectivity index (χ0v) is 15.4. The van der Waals surface area contributed by atoms with E-state index in [1.54, 1.807) is 24.3 Å². The van der Waals surface area contributed by atoms with Crippen LogP contribution < -0.4 is 9.46 Å². The summed E-state index contributed by atoms with van der Waals surface area (Å²) < 4.78 is 46.3. The molecule has 25 heavy (non-hydrogen) atoms. The number of hydrogen-bond donors (Lipinski definition) is 1. The maximum absolute atomic E-state index is 13.5. The molecule has 0 heterocycles. The highest BCUT2D eigenvalue weighted by Gasteiger charge is 2.20. The second-order valence-corrected chi connectivity index (χ2v) is 7.56. The minimum absolute atomic E-state index is 0.131. The Bertz CT molecular complexity index is 792. The van der Waals surface area contributed by atoms with Gasteiger partial charge in [-0.15, -0.1) is 0 Å². The number of halogens is 1. The summed E-state index contributed by atoms with van der Waals surface area (Å²) in [7, 11) is -0.0243. The van der Waals surface area contributed by atoms with E-state index in [-0.39, 0.29) is 23.3 Å². The van der Waals surface area contributed by atoms with E-state index in [1.807, 2.05) is 25.9 Å². The second kappa shape index (κ2) is 8.42. The van der Waals surface area contributed by atoms with E-state index in [1.165, 1.54) is 24.3 Å². The molecule has 2 aromatic carbocycles. The van der Waals surface area contributed by atoms with E-state index in [2.05, 4.69) is 4.72 Å². The Hall–Kier alpha value is -1.96. The second-order valence-electron chi connectivity index (χ2n) is 5.79. The molecule has 0 radical (unpaired) electrons. The van der Waals surface area contributed by atoms with Gasteiger partial charge in [0.2, 0.25) is 10.0 Å². The summed E-state index contributed by atoms with van der Waals surface area (Å²) in [4.78, 5) is 2.00. The van der Waals surface area contributed by atoms with Crippen molar-refractivity contribution in [2.45, 2.75) is 17.9 Å². The molecule has 0 aliphatic rings. The first-order chi connectivity index (χ1) is 11.8. The molecular weight excluding hydrogens is 343 g/mol. The van der Waals surface area contributed by atoms with Gasteiger partial charge in [0, 0.05) is 12.6 Å². The summed E-state index contributed by atoms with van der Waals surface area (Å²) in [6, 6.07) is 12.1. The predicted octanol–water partition coefficient (Wildman–Crippen LogP) is 2.81. The number of rotatable bonds is 8. The SMILES string of the molecule is CCOc1ccc(S(=O)(=O)NCC(c2cccc(F)c2)N(C)C)cc1. The summed E-state index contributed by atoms with van der Waals surface area (Å²) in [5.41, 5.74) is 0.708. The normalized spacial score (nSPS) is 13.0. The molecule has 1 atom stereocenters. The van der Waals surface area contributed by atoms with Crippen molar-refractivity contribution in [1.82, 2.24) is 9.62 Å². The smallest absolute Gasteiger partial charge is 0.240 e. The zero-order valence-electron chi connectivity index (χ0n) is 14.6. The Kier molecular flexibility index (Phi) is 6.52. The van der Waals surface area contributed by atoms with Crippen LogP contribution in [0, 0.1) is 5.82 Å². The van der Waals surface area contributed by atoms with Crippen LogP contribution in [0.1, 0.15) is 18.5 Å². The maximum atomic E-state index is 13.5. The van der Waals surface area contributed by atoms with Crippen molar-refractivity contribution in [3.63, 3.8) is 0 Å². The van der Waals surface area contributed by atoms with E-state index in [4.69, 9.17) is 4.74 Å². The highest BCUT2D eigenvalue weighted by Crippen LogP contribution is 2.20. The number of benzene rings is 2. The van der Waals surface area contributed by atoms with Crippen molar-refractivity contribution in [2.24, 2.45) is 0 Å². The summed E-state index contributed by atoms with van der Waals surface area (Å²) in [6.45, 7) is 2.51. The van der Waals surface area contributed by atoms with Gasteiger partial charge < -0.3 is 9.64 Å². The fourth-order valence-corrected chi connectivity index (χ4v) is 3.50. The lowest BCUT2D eigenvalue weighted by Gasteiger charge is -2.25. The Morgan fingerprint density at radius 3 is 2.40 bits per heavy atom. The molecule has 7 heteroatoms. The zero-order chi connectivity index (χ0) is 18.4. The molecule has 1 N–H and O–H groups in total. The van der Waals surface area contributed by atoms with Crippen LogP contribution in [-0.4, -0.2) is 40.6 Å². The Labute approximate surface area is 148 Å². The van der Waals surface area contributed by atoms with Gasteiger partial charge in [0.1, 0.15) is 11.6 Å². The topological polar surface area (TPSA) is 58.6 Å². The van der Waals surface area contributed by atoms with Crippen LogP contribution in [-0.2, 0) is 10.0 Å². The van der Waals surface area contributed by atoms with Gasteiger partial charge in [0.25, 0.3) is 0 Å². The molecule has 0 aliphatic carbocycles. The first kappa shape index (κ1) is 19.4. The molecular formula is C18H23FN2O3S. The number of sulfonamides is 1. The van der Waals surface area contributed by atoms with Gasteiger partial charge in [-0.2, -0.15) is 0 Å². The molecule has 136 valence electrons. The Morgan fingerprint density at radius 1 is 1.16 bits per heavy atom. The van der Waals surface area contributed by atoms with E-state index in [0.717, 1.165) is 0 Å². The van der Waals surface area contributed by atoms with Gasteiger partial charge in [-0.3, -0.25) is 0 Å². The number of likely N-dealkylation sites (N-methyl/N-ethyl adjacent to an activating group) is 1. The first-order valence-corrected chi connectivity index (χ1v) is 9.46. The Morgan fingerprint density at radius 2 is 1.84 bits per heavy atom. The van der Waals surface area contributed by atoms with Gasteiger partial charge in [-0.05, 0) is 63.0 Å². The van der Waals surface area contributed by atoms with Gasteiger partial charge in [-0.1, -0.05) is 12.1 Å². The number of nitrogens with one attached hydrogen (secondary N) is 1. The molecule has 5 nitrogen and oxygen atoms in total. The van der Waals surface area contributed by atoms with Crippen LogP contribution >= 0.6 is 0 Å². The molecule has 0 saturated heterocycles. The average molecular weight is 366 g/mol. The Balaban J connectivity index is 2.13. The van der Waals surface area contributed by atoms with Crippen LogP contribution in [0.15, 0.2) is 53.4 Å². The number of hydrogen-bond acceptors (Lipinski definition) is 4. The largest absolute Gasteiger partial charge is 0.494 e. The highest BCUT2D eigenvalue weighted by molar-refractivity contribution is 7.89. The minimum atomic E-state index is -3.66. The molecule has 2 aromatic rings. The van der Waals surface area contributed by atoms with Crippen molar-refractivity contribution < 1.29 is 17.5 Å². The van der Waals surface area contributed by atoms with Crippen molar-refractivity contribution in [2.75, 3.05) is 27.2 Å². The molecule has 0 aliphatic heterocycles. The molecule has 0 amide bonds. The third kappa shape index (κ3) is 5.26. The summed E-state index contributed by atoms with van der Waals surface area (Å²) in [6.07, 6.45) is 0. The van der Waals surface area contributed by atoms with Crippen molar-refractivity contribution in [3.05, 3.63) is 59.9 Å². The quantitative estimate of drug-likeness (QED) is 0.780. The van der Waals surface area contributed by atoms with Crippen LogP contribution in [0.3, 0.4) is 0 Å².